The minimum Gasteiger partial charge on any atom is -0.480 e. The maximum Gasteiger partial charge on any atom is 0.329 e. The van der Waals surface area contributed by atoms with E-state index in [1.165, 1.54) is 0 Å². The first-order chi connectivity index (χ1) is 8.05. The van der Waals surface area contributed by atoms with Gasteiger partial charge in [0.1, 0.15) is 5.54 Å². The summed E-state index contributed by atoms with van der Waals surface area (Å²) in [6.07, 6.45) is 1.89. The molecule has 0 saturated heterocycles. The molecule has 0 aliphatic rings. The number of halogens is 1. The number of anilines is 1. The van der Waals surface area contributed by atoms with Crippen LogP contribution in [0.4, 0.5) is 5.69 Å². The van der Waals surface area contributed by atoms with Crippen LogP contribution in [0.25, 0.3) is 0 Å². The maximum absolute atomic E-state index is 11.5. The van der Waals surface area contributed by atoms with Crippen molar-refractivity contribution in [1.82, 2.24) is 0 Å². The lowest BCUT2D eigenvalue weighted by Crippen LogP contribution is -2.45. The highest BCUT2D eigenvalue weighted by Gasteiger charge is 2.35. The van der Waals surface area contributed by atoms with Crippen molar-refractivity contribution >= 4 is 23.3 Å². The number of rotatable bonds is 6. The van der Waals surface area contributed by atoms with Crippen molar-refractivity contribution in [3.05, 3.63) is 29.3 Å². The summed E-state index contributed by atoms with van der Waals surface area (Å²) in [5.41, 5.74) is -0.258. The highest BCUT2D eigenvalue weighted by atomic mass is 35.5. The summed E-state index contributed by atoms with van der Waals surface area (Å²) in [4.78, 5) is 11.5. The Labute approximate surface area is 107 Å². The Morgan fingerprint density at radius 2 is 2.06 bits per heavy atom. The van der Waals surface area contributed by atoms with Gasteiger partial charge in [0.15, 0.2) is 0 Å². The number of hydrogen-bond donors (Lipinski definition) is 2. The van der Waals surface area contributed by atoms with Crippen LogP contribution in [0.15, 0.2) is 24.3 Å². The molecule has 0 amide bonds. The Morgan fingerprint density at radius 3 is 2.53 bits per heavy atom. The molecule has 0 bridgehead atoms. The number of carboxylic acids is 1. The third kappa shape index (κ3) is 3.13. The normalized spacial score (nSPS) is 14.1. The number of carbonyl (C=O) groups is 1. The van der Waals surface area contributed by atoms with Crippen molar-refractivity contribution in [1.29, 1.82) is 0 Å². The van der Waals surface area contributed by atoms with Gasteiger partial charge < -0.3 is 10.4 Å². The average Bonchev–Trinajstić information content (AvgIpc) is 2.31. The van der Waals surface area contributed by atoms with Crippen molar-refractivity contribution < 1.29 is 9.90 Å². The Balaban J connectivity index is 3.01. The van der Waals surface area contributed by atoms with Gasteiger partial charge in [-0.15, -0.1) is 0 Å². The third-order valence-corrected chi connectivity index (χ3v) is 3.27. The average molecular weight is 256 g/mol. The topological polar surface area (TPSA) is 49.3 Å². The number of hydrogen-bond acceptors (Lipinski definition) is 2. The van der Waals surface area contributed by atoms with Crippen LogP contribution in [-0.4, -0.2) is 16.6 Å². The summed E-state index contributed by atoms with van der Waals surface area (Å²) >= 11 is 6.04. The van der Waals surface area contributed by atoms with Gasteiger partial charge in [0.2, 0.25) is 0 Å². The molecule has 0 fully saturated rings. The van der Waals surface area contributed by atoms with Crippen molar-refractivity contribution in [3.8, 4) is 0 Å². The van der Waals surface area contributed by atoms with E-state index in [0.717, 1.165) is 6.42 Å². The van der Waals surface area contributed by atoms with Crippen molar-refractivity contribution in [2.75, 3.05) is 5.32 Å². The van der Waals surface area contributed by atoms with E-state index in [9.17, 15) is 9.90 Å². The Kier molecular flexibility index (Phi) is 4.82. The minimum absolute atomic E-state index is 0.515. The lowest BCUT2D eigenvalue weighted by molar-refractivity contribution is -0.142. The molecule has 94 valence electrons. The molecule has 17 heavy (non-hydrogen) atoms. The SMILES string of the molecule is CCCC(CC)(Nc1ccccc1Cl)C(=O)O. The molecule has 1 atom stereocenters. The molecule has 1 aromatic carbocycles. The van der Waals surface area contributed by atoms with E-state index in [-0.39, 0.29) is 0 Å². The Bertz CT molecular complexity index is 395. The number of para-hydroxylation sites is 1. The predicted octanol–water partition coefficient (Wildman–Crippen LogP) is 3.79. The van der Waals surface area contributed by atoms with E-state index in [0.29, 0.717) is 23.6 Å². The molecule has 4 heteroatoms. The van der Waals surface area contributed by atoms with Crippen molar-refractivity contribution in [2.24, 2.45) is 0 Å². The molecule has 2 N–H and O–H groups in total. The van der Waals surface area contributed by atoms with Gasteiger partial charge in [-0.2, -0.15) is 0 Å². The standard InChI is InChI=1S/C13H18ClNO2/c1-3-9-13(4-2,12(16)17)15-11-8-6-5-7-10(11)14/h5-8,15H,3-4,9H2,1-2H3,(H,16,17). The summed E-state index contributed by atoms with van der Waals surface area (Å²) in [6, 6.07) is 7.20. The van der Waals surface area contributed by atoms with E-state index in [2.05, 4.69) is 5.32 Å². The molecule has 1 rings (SSSR count). The van der Waals surface area contributed by atoms with Crippen LogP contribution in [-0.2, 0) is 4.79 Å². The summed E-state index contributed by atoms with van der Waals surface area (Å²) in [5.74, 6) is -0.832. The van der Waals surface area contributed by atoms with Crippen LogP contribution >= 0.6 is 11.6 Å². The monoisotopic (exact) mass is 255 g/mol. The molecule has 0 aliphatic heterocycles. The Morgan fingerprint density at radius 1 is 1.41 bits per heavy atom. The summed E-state index contributed by atoms with van der Waals surface area (Å²) in [5, 5.41) is 13.0. The van der Waals surface area contributed by atoms with E-state index in [4.69, 9.17) is 11.6 Å². The predicted molar refractivity (Wildman–Crippen MR) is 70.6 cm³/mol. The first-order valence-electron chi connectivity index (χ1n) is 5.82. The van der Waals surface area contributed by atoms with Crippen LogP contribution in [0.2, 0.25) is 5.02 Å². The first kappa shape index (κ1) is 13.8. The number of nitrogens with one attached hydrogen (secondary N) is 1. The molecule has 1 aromatic rings. The molecule has 0 spiro atoms. The zero-order chi connectivity index (χ0) is 12.9. The fourth-order valence-electron chi connectivity index (χ4n) is 1.89. The van der Waals surface area contributed by atoms with Crippen LogP contribution < -0.4 is 5.32 Å². The van der Waals surface area contributed by atoms with Crippen molar-refractivity contribution in [2.45, 2.75) is 38.6 Å². The highest BCUT2D eigenvalue weighted by molar-refractivity contribution is 6.33. The Hall–Kier alpha value is -1.22. The van der Waals surface area contributed by atoms with Gasteiger partial charge in [0.05, 0.1) is 10.7 Å². The van der Waals surface area contributed by atoms with Gasteiger partial charge in [-0.1, -0.05) is 44.0 Å². The molecular weight excluding hydrogens is 238 g/mol. The van der Waals surface area contributed by atoms with Gasteiger partial charge in [-0.3, -0.25) is 0 Å². The fourth-order valence-corrected chi connectivity index (χ4v) is 2.07. The quantitative estimate of drug-likeness (QED) is 0.813. The van der Waals surface area contributed by atoms with E-state index >= 15 is 0 Å². The first-order valence-corrected chi connectivity index (χ1v) is 6.19. The van der Waals surface area contributed by atoms with E-state index in [1.807, 2.05) is 26.0 Å². The van der Waals surface area contributed by atoms with Gasteiger partial charge >= 0.3 is 5.97 Å². The molecule has 3 nitrogen and oxygen atoms in total. The fraction of sp³-hybridized carbons (Fsp3) is 0.462. The molecule has 0 heterocycles. The maximum atomic E-state index is 11.5. The van der Waals surface area contributed by atoms with Crippen LogP contribution in [0.1, 0.15) is 33.1 Å². The van der Waals surface area contributed by atoms with Crippen molar-refractivity contribution in [3.63, 3.8) is 0 Å². The zero-order valence-corrected chi connectivity index (χ0v) is 10.9. The largest absolute Gasteiger partial charge is 0.480 e. The molecular formula is C13H18ClNO2. The number of aliphatic carboxylic acids is 1. The summed E-state index contributed by atoms with van der Waals surface area (Å²) < 4.78 is 0. The second kappa shape index (κ2) is 5.92. The third-order valence-electron chi connectivity index (χ3n) is 2.94. The molecule has 0 aliphatic carbocycles. The second-order valence-electron chi connectivity index (χ2n) is 4.10. The second-order valence-corrected chi connectivity index (χ2v) is 4.50. The van der Waals surface area contributed by atoms with E-state index in [1.54, 1.807) is 12.1 Å². The molecule has 1 unspecified atom stereocenters. The summed E-state index contributed by atoms with van der Waals surface area (Å²) in [7, 11) is 0. The lowest BCUT2D eigenvalue weighted by Gasteiger charge is -2.30. The van der Waals surface area contributed by atoms with Gasteiger partial charge in [-0.25, -0.2) is 4.79 Å². The van der Waals surface area contributed by atoms with Crippen LogP contribution in [0.5, 0.6) is 0 Å². The van der Waals surface area contributed by atoms with E-state index < -0.39 is 11.5 Å². The smallest absolute Gasteiger partial charge is 0.329 e. The lowest BCUT2D eigenvalue weighted by atomic mass is 9.90. The summed E-state index contributed by atoms with van der Waals surface area (Å²) in [6.45, 7) is 3.84. The molecule has 0 aromatic heterocycles. The van der Waals surface area contributed by atoms with Gasteiger partial charge in [0, 0.05) is 0 Å². The molecule has 0 saturated carbocycles. The highest BCUT2D eigenvalue weighted by Crippen LogP contribution is 2.28. The van der Waals surface area contributed by atoms with Gasteiger partial charge in [0.25, 0.3) is 0 Å². The minimum atomic E-state index is -0.931. The zero-order valence-electron chi connectivity index (χ0n) is 10.2. The molecule has 0 radical (unpaired) electrons. The number of benzene rings is 1. The van der Waals surface area contributed by atoms with Crippen LogP contribution in [0, 0.1) is 0 Å². The number of carboxylic acid groups (broad SMARTS) is 1. The van der Waals surface area contributed by atoms with Crippen LogP contribution in [0.3, 0.4) is 0 Å². The van der Waals surface area contributed by atoms with Gasteiger partial charge in [-0.05, 0) is 25.0 Å².